The van der Waals surface area contributed by atoms with Gasteiger partial charge in [-0.05, 0) is 17.7 Å². The third-order valence-electron chi connectivity index (χ3n) is 3.84. The molecule has 0 saturated heterocycles. The maximum Gasteiger partial charge on any atom is 0.244 e. The van der Waals surface area contributed by atoms with Crippen molar-refractivity contribution in [3.63, 3.8) is 0 Å². The molecule has 1 heterocycles. The van der Waals surface area contributed by atoms with Crippen LogP contribution in [0.5, 0.6) is 0 Å². The average Bonchev–Trinajstić information content (AvgIpc) is 3.10. The van der Waals surface area contributed by atoms with E-state index < -0.39 is 0 Å². The van der Waals surface area contributed by atoms with Gasteiger partial charge in [-0.15, -0.1) is 23.1 Å². The number of nitrogens with one attached hydrogen (secondary N) is 1. The van der Waals surface area contributed by atoms with Gasteiger partial charge in [0.25, 0.3) is 0 Å². The Bertz CT molecular complexity index is 854. The zero-order chi connectivity index (χ0) is 18.6. The molecule has 3 aromatic rings. The van der Waals surface area contributed by atoms with E-state index in [2.05, 4.69) is 31.1 Å². The second-order valence-electron chi connectivity index (χ2n) is 7.00. The molecular formula is C21H22N2OS2. The molecular weight excluding hydrogens is 360 g/mol. The van der Waals surface area contributed by atoms with Gasteiger partial charge >= 0.3 is 0 Å². The number of thiazole rings is 1. The van der Waals surface area contributed by atoms with Gasteiger partial charge in [0.1, 0.15) is 5.25 Å². The first-order valence-corrected chi connectivity index (χ1v) is 10.2. The highest BCUT2D eigenvalue weighted by atomic mass is 32.2. The SMILES string of the molecule is CC(C)(C)c1csc(NC(=O)C(Sc2ccccc2)c2ccccc2)n1. The number of thioether (sulfide) groups is 1. The van der Waals surface area contributed by atoms with Crippen LogP contribution in [-0.2, 0) is 10.2 Å². The molecule has 1 amide bonds. The topological polar surface area (TPSA) is 42.0 Å². The van der Waals surface area contributed by atoms with E-state index in [9.17, 15) is 4.79 Å². The standard InChI is InChI=1S/C21H22N2OS2/c1-21(2,3)17-14-25-20(22-17)23-19(24)18(15-10-6-4-7-11-15)26-16-12-8-5-9-13-16/h4-14,18H,1-3H3,(H,22,23,24). The fourth-order valence-electron chi connectivity index (χ4n) is 2.38. The van der Waals surface area contributed by atoms with E-state index in [4.69, 9.17) is 0 Å². The Morgan fingerprint density at radius 3 is 2.23 bits per heavy atom. The second-order valence-corrected chi connectivity index (χ2v) is 9.04. The first kappa shape index (κ1) is 18.7. The Labute approximate surface area is 162 Å². The Morgan fingerprint density at radius 1 is 1.04 bits per heavy atom. The summed E-state index contributed by atoms with van der Waals surface area (Å²) in [5.74, 6) is -0.0557. The second kappa shape index (κ2) is 8.06. The minimum Gasteiger partial charge on any atom is -0.301 e. The molecule has 0 radical (unpaired) electrons. The van der Waals surface area contributed by atoms with Gasteiger partial charge < -0.3 is 5.32 Å². The molecule has 1 N–H and O–H groups in total. The summed E-state index contributed by atoms with van der Waals surface area (Å²) in [6.07, 6.45) is 0. The number of aromatic nitrogens is 1. The van der Waals surface area contributed by atoms with Crippen LogP contribution in [0, 0.1) is 0 Å². The van der Waals surface area contributed by atoms with Gasteiger partial charge in [0, 0.05) is 15.7 Å². The van der Waals surface area contributed by atoms with Crippen molar-refractivity contribution in [2.75, 3.05) is 5.32 Å². The number of rotatable bonds is 5. The molecule has 0 spiro atoms. The van der Waals surface area contributed by atoms with E-state index >= 15 is 0 Å². The lowest BCUT2D eigenvalue weighted by molar-refractivity contribution is -0.115. The lowest BCUT2D eigenvalue weighted by Gasteiger charge is -2.16. The lowest BCUT2D eigenvalue weighted by Crippen LogP contribution is -2.19. The van der Waals surface area contributed by atoms with Crippen LogP contribution in [-0.4, -0.2) is 10.9 Å². The van der Waals surface area contributed by atoms with Crippen molar-refractivity contribution in [1.29, 1.82) is 0 Å². The molecule has 134 valence electrons. The van der Waals surface area contributed by atoms with E-state index in [0.29, 0.717) is 5.13 Å². The quantitative estimate of drug-likeness (QED) is 0.558. The van der Waals surface area contributed by atoms with Crippen molar-refractivity contribution in [1.82, 2.24) is 4.98 Å². The van der Waals surface area contributed by atoms with E-state index in [-0.39, 0.29) is 16.6 Å². The van der Waals surface area contributed by atoms with Gasteiger partial charge in [-0.3, -0.25) is 4.79 Å². The van der Waals surface area contributed by atoms with Crippen LogP contribution in [0.1, 0.15) is 37.3 Å². The van der Waals surface area contributed by atoms with E-state index in [0.717, 1.165) is 16.2 Å². The molecule has 3 rings (SSSR count). The van der Waals surface area contributed by atoms with Gasteiger partial charge in [-0.25, -0.2) is 4.98 Å². The molecule has 0 bridgehead atoms. The smallest absolute Gasteiger partial charge is 0.244 e. The van der Waals surface area contributed by atoms with Gasteiger partial charge in [0.15, 0.2) is 5.13 Å². The third kappa shape index (κ3) is 4.74. The maximum atomic E-state index is 13.0. The van der Waals surface area contributed by atoms with E-state index in [1.54, 1.807) is 11.8 Å². The molecule has 26 heavy (non-hydrogen) atoms. The number of amides is 1. The van der Waals surface area contributed by atoms with Crippen LogP contribution in [0.4, 0.5) is 5.13 Å². The first-order valence-electron chi connectivity index (χ1n) is 8.47. The molecule has 3 nitrogen and oxygen atoms in total. The minimum atomic E-state index is -0.333. The number of carbonyl (C=O) groups is 1. The minimum absolute atomic E-state index is 0.0307. The Morgan fingerprint density at radius 2 is 1.65 bits per heavy atom. The highest BCUT2D eigenvalue weighted by molar-refractivity contribution is 8.00. The molecule has 0 fully saturated rings. The maximum absolute atomic E-state index is 13.0. The van der Waals surface area contributed by atoms with Crippen LogP contribution in [0.15, 0.2) is 70.9 Å². The number of hydrogen-bond donors (Lipinski definition) is 1. The molecule has 0 aliphatic heterocycles. The Hall–Kier alpha value is -2.11. The fourth-order valence-corrected chi connectivity index (χ4v) is 4.37. The summed E-state index contributed by atoms with van der Waals surface area (Å²) in [6.45, 7) is 6.35. The van der Waals surface area contributed by atoms with E-state index in [1.165, 1.54) is 11.3 Å². The molecule has 1 atom stereocenters. The van der Waals surface area contributed by atoms with E-state index in [1.807, 2.05) is 66.0 Å². The fraction of sp³-hybridized carbons (Fsp3) is 0.238. The van der Waals surface area contributed by atoms with Gasteiger partial charge in [0.05, 0.1) is 5.69 Å². The number of hydrogen-bond acceptors (Lipinski definition) is 4. The normalized spacial score (nSPS) is 12.6. The number of anilines is 1. The van der Waals surface area contributed by atoms with Crippen molar-refractivity contribution >= 4 is 34.1 Å². The summed E-state index contributed by atoms with van der Waals surface area (Å²) >= 11 is 3.02. The predicted molar refractivity (Wildman–Crippen MR) is 111 cm³/mol. The zero-order valence-corrected chi connectivity index (χ0v) is 16.7. The third-order valence-corrected chi connectivity index (χ3v) is 5.86. The summed E-state index contributed by atoms with van der Waals surface area (Å²) in [7, 11) is 0. The summed E-state index contributed by atoms with van der Waals surface area (Å²) < 4.78 is 0. The highest BCUT2D eigenvalue weighted by Crippen LogP contribution is 2.36. The van der Waals surface area contributed by atoms with Crippen molar-refractivity contribution in [2.24, 2.45) is 0 Å². The van der Waals surface area contributed by atoms with Crippen LogP contribution >= 0.6 is 23.1 Å². The number of nitrogens with zero attached hydrogens (tertiary/aromatic N) is 1. The molecule has 1 aromatic heterocycles. The van der Waals surface area contributed by atoms with Crippen LogP contribution in [0.3, 0.4) is 0 Å². The summed E-state index contributed by atoms with van der Waals surface area (Å²) in [5.41, 5.74) is 1.94. The van der Waals surface area contributed by atoms with Crippen LogP contribution in [0.2, 0.25) is 0 Å². The van der Waals surface area contributed by atoms with Gasteiger partial charge in [0.2, 0.25) is 5.91 Å². The average molecular weight is 383 g/mol. The zero-order valence-electron chi connectivity index (χ0n) is 15.1. The number of benzene rings is 2. The molecule has 2 aromatic carbocycles. The molecule has 0 aliphatic rings. The van der Waals surface area contributed by atoms with Crippen molar-refractivity contribution in [3.8, 4) is 0 Å². The molecule has 1 unspecified atom stereocenters. The largest absolute Gasteiger partial charge is 0.301 e. The van der Waals surface area contributed by atoms with Crippen LogP contribution < -0.4 is 5.32 Å². The molecule has 0 aliphatic carbocycles. The van der Waals surface area contributed by atoms with Crippen molar-refractivity contribution in [3.05, 3.63) is 77.3 Å². The predicted octanol–water partition coefficient (Wildman–Crippen LogP) is 5.91. The van der Waals surface area contributed by atoms with Crippen LogP contribution in [0.25, 0.3) is 0 Å². The first-order chi connectivity index (χ1) is 12.4. The summed E-state index contributed by atoms with van der Waals surface area (Å²) in [6, 6.07) is 19.9. The van der Waals surface area contributed by atoms with Crippen molar-refractivity contribution in [2.45, 2.75) is 36.3 Å². The monoisotopic (exact) mass is 382 g/mol. The Kier molecular flexibility index (Phi) is 5.79. The lowest BCUT2D eigenvalue weighted by atomic mass is 9.93. The molecule has 5 heteroatoms. The summed E-state index contributed by atoms with van der Waals surface area (Å²) in [5, 5.41) is 5.33. The summed E-state index contributed by atoms with van der Waals surface area (Å²) in [4.78, 5) is 18.7. The van der Waals surface area contributed by atoms with Crippen molar-refractivity contribution < 1.29 is 4.79 Å². The molecule has 0 saturated carbocycles. The highest BCUT2D eigenvalue weighted by Gasteiger charge is 2.24. The number of carbonyl (C=O) groups excluding carboxylic acids is 1. The van der Waals surface area contributed by atoms with Gasteiger partial charge in [-0.2, -0.15) is 0 Å². The Balaban J connectivity index is 1.82. The van der Waals surface area contributed by atoms with Gasteiger partial charge in [-0.1, -0.05) is 69.3 Å².